The molecule has 2 aliphatic rings. The zero-order valence-corrected chi connectivity index (χ0v) is 14.8. The molecule has 0 aliphatic carbocycles. The smallest absolute Gasteiger partial charge is 0.0412 e. The maximum atomic E-state index is 3.45. The van der Waals surface area contributed by atoms with Crippen molar-refractivity contribution in [2.24, 2.45) is 0 Å². The minimum absolute atomic E-state index is 0.656. The van der Waals surface area contributed by atoms with Crippen LogP contribution in [-0.4, -0.2) is 68.7 Å². The Bertz CT molecular complexity index is 482. The molecule has 128 valence electrons. The van der Waals surface area contributed by atoms with Crippen LogP contribution in [0.5, 0.6) is 0 Å². The molecule has 0 radical (unpaired) electrons. The summed E-state index contributed by atoms with van der Waals surface area (Å²) < 4.78 is 0. The van der Waals surface area contributed by atoms with E-state index in [9.17, 15) is 0 Å². The van der Waals surface area contributed by atoms with Crippen LogP contribution in [0.1, 0.15) is 25.3 Å². The van der Waals surface area contributed by atoms with Gasteiger partial charge in [0.25, 0.3) is 0 Å². The van der Waals surface area contributed by atoms with Crippen molar-refractivity contribution in [3.05, 3.63) is 29.8 Å². The summed E-state index contributed by atoms with van der Waals surface area (Å²) in [6.07, 6.45) is 2.62. The number of likely N-dealkylation sites (tertiary alicyclic amines) is 1. The molecule has 0 spiro atoms. The number of nitrogens with one attached hydrogen (secondary N) is 1. The van der Waals surface area contributed by atoms with Crippen molar-refractivity contribution in [1.82, 2.24) is 15.1 Å². The Balaban J connectivity index is 1.66. The zero-order valence-electron chi connectivity index (χ0n) is 14.8. The van der Waals surface area contributed by atoms with Gasteiger partial charge >= 0.3 is 0 Å². The molecule has 2 heterocycles. The number of anilines is 1. The zero-order chi connectivity index (χ0) is 16.1. The van der Waals surface area contributed by atoms with Gasteiger partial charge in [-0.15, -0.1) is 0 Å². The van der Waals surface area contributed by atoms with Gasteiger partial charge in [-0.05, 0) is 44.6 Å². The fourth-order valence-corrected chi connectivity index (χ4v) is 3.93. The summed E-state index contributed by atoms with van der Waals surface area (Å²) in [7, 11) is 2.09. The van der Waals surface area contributed by atoms with Gasteiger partial charge in [0, 0.05) is 51.0 Å². The van der Waals surface area contributed by atoms with Crippen molar-refractivity contribution in [3.63, 3.8) is 0 Å². The molecule has 23 heavy (non-hydrogen) atoms. The third-order valence-corrected chi connectivity index (χ3v) is 5.46. The molecular weight excluding hydrogens is 284 g/mol. The number of benzene rings is 1. The monoisotopic (exact) mass is 316 g/mol. The van der Waals surface area contributed by atoms with Crippen molar-refractivity contribution in [3.8, 4) is 0 Å². The molecule has 1 aromatic carbocycles. The summed E-state index contributed by atoms with van der Waals surface area (Å²) in [6.45, 7) is 11.6. The lowest BCUT2D eigenvalue weighted by Crippen LogP contribution is -2.47. The fraction of sp³-hybridized carbons (Fsp3) is 0.684. The lowest BCUT2D eigenvalue weighted by atomic mass is 10.0. The van der Waals surface area contributed by atoms with Crippen molar-refractivity contribution >= 4 is 5.69 Å². The highest BCUT2D eigenvalue weighted by Crippen LogP contribution is 2.24. The summed E-state index contributed by atoms with van der Waals surface area (Å²) in [5, 5.41) is 3.45. The normalized spacial score (nSPS) is 24.1. The average Bonchev–Trinajstić information content (AvgIpc) is 2.62. The Morgan fingerprint density at radius 1 is 1.04 bits per heavy atom. The minimum Gasteiger partial charge on any atom is -0.369 e. The topological polar surface area (TPSA) is 21.8 Å². The van der Waals surface area contributed by atoms with Crippen molar-refractivity contribution in [2.75, 3.05) is 57.8 Å². The second-order valence-electron chi connectivity index (χ2n) is 6.91. The van der Waals surface area contributed by atoms with Crippen molar-refractivity contribution in [2.45, 2.75) is 32.4 Å². The number of hydrogen-bond acceptors (Lipinski definition) is 4. The fourth-order valence-electron chi connectivity index (χ4n) is 3.93. The molecule has 0 saturated carbocycles. The predicted molar refractivity (Wildman–Crippen MR) is 98.1 cm³/mol. The van der Waals surface area contributed by atoms with Crippen LogP contribution in [0.15, 0.2) is 24.3 Å². The first kappa shape index (κ1) is 16.7. The van der Waals surface area contributed by atoms with E-state index < -0.39 is 0 Å². The Hall–Kier alpha value is -1.10. The van der Waals surface area contributed by atoms with Gasteiger partial charge in [-0.1, -0.05) is 25.1 Å². The third kappa shape index (κ3) is 4.25. The molecule has 2 saturated heterocycles. The highest BCUT2D eigenvalue weighted by atomic mass is 15.3. The number of para-hydroxylation sites is 1. The summed E-state index contributed by atoms with van der Waals surface area (Å²) in [5.41, 5.74) is 2.95. The number of likely N-dealkylation sites (N-methyl/N-ethyl adjacent to an activating group) is 2. The van der Waals surface area contributed by atoms with Gasteiger partial charge in [0.1, 0.15) is 0 Å². The second-order valence-corrected chi connectivity index (χ2v) is 6.91. The molecule has 1 unspecified atom stereocenters. The van der Waals surface area contributed by atoms with Gasteiger partial charge in [0.05, 0.1) is 0 Å². The maximum Gasteiger partial charge on any atom is 0.0412 e. The molecule has 0 amide bonds. The number of piperidine rings is 1. The van der Waals surface area contributed by atoms with Crippen LogP contribution in [0, 0.1) is 0 Å². The van der Waals surface area contributed by atoms with Crippen molar-refractivity contribution in [1.29, 1.82) is 0 Å². The van der Waals surface area contributed by atoms with Crippen LogP contribution < -0.4 is 10.2 Å². The van der Waals surface area contributed by atoms with Crippen molar-refractivity contribution < 1.29 is 0 Å². The molecule has 1 aromatic rings. The molecule has 4 nitrogen and oxygen atoms in total. The van der Waals surface area contributed by atoms with E-state index in [1.807, 2.05) is 0 Å². The Kier molecular flexibility index (Phi) is 5.92. The van der Waals surface area contributed by atoms with E-state index in [4.69, 9.17) is 0 Å². The molecule has 4 heteroatoms. The molecule has 1 atom stereocenters. The summed E-state index contributed by atoms with van der Waals surface area (Å²) in [4.78, 5) is 7.74. The van der Waals surface area contributed by atoms with Gasteiger partial charge in [-0.2, -0.15) is 0 Å². The Morgan fingerprint density at radius 3 is 2.57 bits per heavy atom. The van der Waals surface area contributed by atoms with E-state index in [-0.39, 0.29) is 0 Å². The summed E-state index contributed by atoms with van der Waals surface area (Å²) in [5.74, 6) is 0. The Morgan fingerprint density at radius 2 is 1.83 bits per heavy atom. The van der Waals surface area contributed by atoms with Crippen LogP contribution in [-0.2, 0) is 6.54 Å². The summed E-state index contributed by atoms with van der Waals surface area (Å²) in [6, 6.07) is 9.68. The van der Waals surface area contributed by atoms with E-state index >= 15 is 0 Å². The SMILES string of the molecule is CCN1CCN(c2ccccc2CN2CCCC(NC)C2)CC1. The standard InChI is InChI=1S/C19H32N4/c1-3-21-11-13-23(14-12-21)19-9-5-4-7-17(19)15-22-10-6-8-18(16-22)20-2/h4-5,7,9,18,20H,3,6,8,10-16H2,1-2H3. The molecule has 3 rings (SSSR count). The van der Waals surface area contributed by atoms with E-state index in [1.165, 1.54) is 56.8 Å². The van der Waals surface area contributed by atoms with Gasteiger partial charge < -0.3 is 15.1 Å². The van der Waals surface area contributed by atoms with E-state index in [2.05, 4.69) is 58.3 Å². The van der Waals surface area contributed by atoms with Crippen LogP contribution >= 0.6 is 0 Å². The van der Waals surface area contributed by atoms with E-state index in [1.54, 1.807) is 0 Å². The summed E-state index contributed by atoms with van der Waals surface area (Å²) >= 11 is 0. The van der Waals surface area contributed by atoms with E-state index in [0.29, 0.717) is 6.04 Å². The van der Waals surface area contributed by atoms with E-state index in [0.717, 1.165) is 19.6 Å². The van der Waals surface area contributed by atoms with Crippen LogP contribution in [0.25, 0.3) is 0 Å². The maximum absolute atomic E-state index is 3.45. The molecule has 0 bridgehead atoms. The number of hydrogen-bond donors (Lipinski definition) is 1. The molecule has 1 N–H and O–H groups in total. The van der Waals surface area contributed by atoms with Crippen LogP contribution in [0.4, 0.5) is 5.69 Å². The minimum atomic E-state index is 0.656. The second kappa shape index (κ2) is 8.13. The predicted octanol–water partition coefficient (Wildman–Crippen LogP) is 2.01. The lowest BCUT2D eigenvalue weighted by molar-refractivity contribution is 0.188. The number of nitrogens with zero attached hydrogens (tertiary/aromatic N) is 3. The quantitative estimate of drug-likeness (QED) is 0.897. The molecule has 2 fully saturated rings. The Labute approximate surface area is 141 Å². The highest BCUT2D eigenvalue weighted by molar-refractivity contribution is 5.54. The van der Waals surface area contributed by atoms with Crippen LogP contribution in [0.3, 0.4) is 0 Å². The van der Waals surface area contributed by atoms with Gasteiger partial charge in [0.2, 0.25) is 0 Å². The number of piperazine rings is 1. The highest BCUT2D eigenvalue weighted by Gasteiger charge is 2.21. The van der Waals surface area contributed by atoms with Gasteiger partial charge in [0.15, 0.2) is 0 Å². The number of rotatable bonds is 5. The van der Waals surface area contributed by atoms with Gasteiger partial charge in [-0.3, -0.25) is 4.90 Å². The largest absolute Gasteiger partial charge is 0.369 e. The van der Waals surface area contributed by atoms with Gasteiger partial charge in [-0.25, -0.2) is 0 Å². The third-order valence-electron chi connectivity index (χ3n) is 5.46. The average molecular weight is 316 g/mol. The molecular formula is C19H32N4. The molecule has 0 aromatic heterocycles. The first-order valence-electron chi connectivity index (χ1n) is 9.25. The molecule has 2 aliphatic heterocycles. The first-order valence-corrected chi connectivity index (χ1v) is 9.25. The lowest BCUT2D eigenvalue weighted by Gasteiger charge is -2.38. The van der Waals surface area contributed by atoms with Crippen LogP contribution in [0.2, 0.25) is 0 Å². The first-order chi connectivity index (χ1) is 11.3.